The van der Waals surface area contributed by atoms with Crippen molar-refractivity contribution in [3.63, 3.8) is 0 Å². The number of hydrogen-bond acceptors (Lipinski definition) is 7. The summed E-state index contributed by atoms with van der Waals surface area (Å²) in [4.78, 5) is 37.0. The summed E-state index contributed by atoms with van der Waals surface area (Å²) in [5.74, 6) is -1.64. The maximum Gasteiger partial charge on any atom is 0.319 e. The smallest absolute Gasteiger partial charge is 0.319 e. The molecule has 1 fully saturated rings. The van der Waals surface area contributed by atoms with E-state index in [0.717, 1.165) is 50.3 Å². The van der Waals surface area contributed by atoms with Gasteiger partial charge in [0.25, 0.3) is 11.1 Å². The van der Waals surface area contributed by atoms with Gasteiger partial charge in [-0.2, -0.15) is 0 Å². The Kier molecular flexibility index (Phi) is 8.24. The first kappa shape index (κ1) is 23.4. The minimum atomic E-state index is -1.17. The van der Waals surface area contributed by atoms with Crippen LogP contribution in [0.4, 0.5) is 0 Å². The molecule has 0 saturated heterocycles. The van der Waals surface area contributed by atoms with Gasteiger partial charge in [0.1, 0.15) is 4.75 Å². The molecule has 0 bridgehead atoms. The Bertz CT molecular complexity index is 723. The van der Waals surface area contributed by atoms with Crippen LogP contribution in [0.15, 0.2) is 9.64 Å². The van der Waals surface area contributed by atoms with Crippen LogP contribution in [0.2, 0.25) is 0 Å². The molecule has 1 amide bonds. The van der Waals surface area contributed by atoms with Crippen LogP contribution in [0.1, 0.15) is 83.3 Å². The van der Waals surface area contributed by atoms with Gasteiger partial charge in [-0.3, -0.25) is 14.4 Å². The van der Waals surface area contributed by atoms with E-state index in [9.17, 15) is 19.5 Å². The van der Waals surface area contributed by atoms with Gasteiger partial charge < -0.3 is 14.8 Å². The minimum absolute atomic E-state index is 0.0131. The van der Waals surface area contributed by atoms with Crippen LogP contribution in [0.25, 0.3) is 0 Å². The maximum absolute atomic E-state index is 12.9. The summed E-state index contributed by atoms with van der Waals surface area (Å²) in [5, 5.41) is 19.7. The van der Waals surface area contributed by atoms with E-state index in [2.05, 4.69) is 15.5 Å². The number of carbonyl (C=O) groups excluding carboxylic acids is 2. The van der Waals surface area contributed by atoms with Crippen LogP contribution in [-0.2, 0) is 9.59 Å². The fourth-order valence-corrected chi connectivity index (χ4v) is 4.02. The number of Topliss-reactive ketones (excluding diaryl/α,β-unsaturated/α-hetero) is 1. The van der Waals surface area contributed by atoms with Gasteiger partial charge in [-0.05, 0) is 50.8 Å². The van der Waals surface area contributed by atoms with Crippen molar-refractivity contribution >= 4 is 29.4 Å². The largest absolute Gasteiger partial charge is 0.480 e. The van der Waals surface area contributed by atoms with Crippen LogP contribution in [0.5, 0.6) is 0 Å². The predicted octanol–water partition coefficient (Wildman–Crippen LogP) is 3.71. The zero-order chi connectivity index (χ0) is 21.6. The molecule has 2 N–H and O–H groups in total. The summed E-state index contributed by atoms with van der Waals surface area (Å²) in [6, 6.07) is -0.739. The molecule has 0 spiro atoms. The molecule has 1 heterocycles. The molecule has 29 heavy (non-hydrogen) atoms. The third kappa shape index (κ3) is 6.83. The van der Waals surface area contributed by atoms with Gasteiger partial charge in [0, 0.05) is 5.92 Å². The molecule has 1 aromatic heterocycles. The summed E-state index contributed by atoms with van der Waals surface area (Å²) in [6.07, 6.45) is 6.51. The van der Waals surface area contributed by atoms with Crippen molar-refractivity contribution < 1.29 is 23.9 Å². The first-order chi connectivity index (χ1) is 13.6. The number of thioether (sulfide) groups is 1. The molecule has 8 nitrogen and oxygen atoms in total. The second-order valence-electron chi connectivity index (χ2n) is 8.53. The van der Waals surface area contributed by atoms with Crippen molar-refractivity contribution in [3.05, 3.63) is 5.89 Å². The Balaban J connectivity index is 2.10. The molecule has 1 atom stereocenters. The Hall–Kier alpha value is -1.90. The van der Waals surface area contributed by atoms with E-state index < -0.39 is 22.5 Å². The number of nitrogens with zero attached hydrogens (tertiary/aromatic N) is 2. The quantitative estimate of drug-likeness (QED) is 0.349. The zero-order valence-electron chi connectivity index (χ0n) is 17.6. The van der Waals surface area contributed by atoms with Crippen molar-refractivity contribution in [2.75, 3.05) is 0 Å². The third-order valence-corrected chi connectivity index (χ3v) is 6.07. The van der Waals surface area contributed by atoms with E-state index >= 15 is 0 Å². The van der Waals surface area contributed by atoms with Crippen molar-refractivity contribution in [1.82, 2.24) is 15.5 Å². The van der Waals surface area contributed by atoms with E-state index in [1.807, 2.05) is 13.8 Å². The van der Waals surface area contributed by atoms with Crippen LogP contribution >= 0.6 is 11.8 Å². The Morgan fingerprint density at radius 2 is 1.79 bits per heavy atom. The van der Waals surface area contributed by atoms with Crippen molar-refractivity contribution in [2.24, 2.45) is 11.8 Å². The highest BCUT2D eigenvalue weighted by atomic mass is 32.2. The lowest BCUT2D eigenvalue weighted by Gasteiger charge is -2.21. The average molecular weight is 426 g/mol. The molecule has 1 aromatic rings. The van der Waals surface area contributed by atoms with Crippen LogP contribution in [0.3, 0.4) is 0 Å². The number of carboxylic acid groups (broad SMARTS) is 1. The SMILES string of the molecule is CC(C)C[C@H](NC(=O)C1CCCCCC1)C(=O)c1nnc(SC(C)(C)C(=O)O)o1. The number of aromatic nitrogens is 2. The standard InChI is InChI=1S/C20H31N3O5S/c1-12(2)11-14(21-16(25)13-9-7-5-6-8-10-13)15(24)17-22-23-19(28-17)29-20(3,4)18(26)27/h12-14H,5-11H2,1-4H3,(H,21,25)(H,26,27)/t14-/m0/s1. The van der Waals surface area contributed by atoms with E-state index in [0.29, 0.717) is 6.42 Å². The molecule has 0 aliphatic heterocycles. The molecule has 1 aliphatic carbocycles. The number of carboxylic acids is 1. The number of carbonyl (C=O) groups is 3. The number of rotatable bonds is 9. The first-order valence-corrected chi connectivity index (χ1v) is 11.0. The van der Waals surface area contributed by atoms with Gasteiger partial charge in [0.2, 0.25) is 11.7 Å². The molecule has 0 radical (unpaired) electrons. The topological polar surface area (TPSA) is 122 Å². The second-order valence-corrected chi connectivity index (χ2v) is 10.1. The van der Waals surface area contributed by atoms with Gasteiger partial charge in [-0.15, -0.1) is 10.2 Å². The van der Waals surface area contributed by atoms with Crippen molar-refractivity contribution in [1.29, 1.82) is 0 Å². The molecule has 9 heteroatoms. The summed E-state index contributed by atoms with van der Waals surface area (Å²) in [7, 11) is 0. The molecule has 0 unspecified atom stereocenters. The van der Waals surface area contributed by atoms with E-state index in [1.165, 1.54) is 13.8 Å². The van der Waals surface area contributed by atoms with Crippen molar-refractivity contribution in [2.45, 2.75) is 88.7 Å². The molecule has 1 saturated carbocycles. The number of nitrogens with one attached hydrogen (secondary N) is 1. The molecule has 2 rings (SSSR count). The molecule has 162 valence electrons. The van der Waals surface area contributed by atoms with Crippen molar-refractivity contribution in [3.8, 4) is 0 Å². The van der Waals surface area contributed by atoms with Gasteiger partial charge in [-0.25, -0.2) is 0 Å². The second kappa shape index (κ2) is 10.2. The van der Waals surface area contributed by atoms with Crippen LogP contribution in [0, 0.1) is 11.8 Å². The van der Waals surface area contributed by atoms with Crippen LogP contribution < -0.4 is 5.32 Å². The maximum atomic E-state index is 12.9. The summed E-state index contributed by atoms with van der Waals surface area (Å²) in [6.45, 7) is 6.98. The highest BCUT2D eigenvalue weighted by molar-refractivity contribution is 8.01. The highest BCUT2D eigenvalue weighted by Gasteiger charge is 2.34. The lowest BCUT2D eigenvalue weighted by Crippen LogP contribution is -2.44. The molecular formula is C20H31N3O5S. The average Bonchev–Trinajstić information content (AvgIpc) is 2.91. The summed E-state index contributed by atoms with van der Waals surface area (Å²) < 4.78 is 4.25. The third-order valence-electron chi connectivity index (χ3n) is 5.04. The lowest BCUT2D eigenvalue weighted by molar-refractivity contribution is -0.139. The summed E-state index contributed by atoms with van der Waals surface area (Å²) >= 11 is 0.877. The van der Waals surface area contributed by atoms with E-state index in [-0.39, 0.29) is 28.9 Å². The Labute approximate surface area is 175 Å². The fourth-order valence-electron chi connectivity index (χ4n) is 3.30. The van der Waals surface area contributed by atoms with E-state index in [4.69, 9.17) is 4.42 Å². The number of aliphatic carboxylic acids is 1. The summed E-state index contributed by atoms with van der Waals surface area (Å²) in [5.41, 5.74) is 0. The Morgan fingerprint density at radius 3 is 2.34 bits per heavy atom. The Morgan fingerprint density at radius 1 is 1.17 bits per heavy atom. The number of ketones is 1. The highest BCUT2D eigenvalue weighted by Crippen LogP contribution is 2.32. The lowest BCUT2D eigenvalue weighted by atomic mass is 9.96. The van der Waals surface area contributed by atoms with Gasteiger partial charge in [-0.1, -0.05) is 39.5 Å². The molecule has 0 aromatic carbocycles. The first-order valence-electron chi connectivity index (χ1n) is 10.2. The minimum Gasteiger partial charge on any atom is -0.480 e. The fraction of sp³-hybridized carbons (Fsp3) is 0.750. The number of hydrogen-bond donors (Lipinski definition) is 2. The normalized spacial score (nSPS) is 17.0. The predicted molar refractivity (Wildman–Crippen MR) is 109 cm³/mol. The van der Waals surface area contributed by atoms with Crippen LogP contribution in [-0.4, -0.2) is 43.8 Å². The molecule has 1 aliphatic rings. The molecular weight excluding hydrogens is 394 g/mol. The monoisotopic (exact) mass is 425 g/mol. The van der Waals surface area contributed by atoms with Gasteiger partial charge in [0.05, 0.1) is 6.04 Å². The van der Waals surface area contributed by atoms with Gasteiger partial charge >= 0.3 is 5.97 Å². The zero-order valence-corrected chi connectivity index (χ0v) is 18.4. The van der Waals surface area contributed by atoms with Gasteiger partial charge in [0.15, 0.2) is 0 Å². The number of amides is 1. The van der Waals surface area contributed by atoms with E-state index in [1.54, 1.807) is 0 Å².